The van der Waals surface area contributed by atoms with Crippen molar-refractivity contribution in [3.8, 4) is 17.2 Å². The van der Waals surface area contributed by atoms with E-state index < -0.39 is 11.8 Å². The number of carboxylic acids is 1. The van der Waals surface area contributed by atoms with E-state index >= 15 is 0 Å². The molecule has 0 amide bonds. The lowest BCUT2D eigenvalue weighted by Crippen LogP contribution is -2.14. The van der Waals surface area contributed by atoms with Crippen LogP contribution in [-0.2, 0) is 11.2 Å². The average molecular weight is 474 g/mol. The molecule has 35 heavy (non-hydrogen) atoms. The Kier molecular flexibility index (Phi) is 6.77. The van der Waals surface area contributed by atoms with Crippen molar-refractivity contribution in [1.29, 1.82) is 0 Å². The standard InChI is InChI=1S/C26H22N2O7/c1-32-18-8-5-16(6-9-18)25(29)19(12-15-4-11-22(33-2)23(13-15)34-3)24(26(30)31)17-7-10-20-21(14-17)28-35-27-20/h4-11,13-14H,12H2,1-3H3,(H,30,31). The van der Waals surface area contributed by atoms with Gasteiger partial charge in [-0.15, -0.1) is 0 Å². The van der Waals surface area contributed by atoms with Gasteiger partial charge in [0.15, 0.2) is 17.3 Å². The average Bonchev–Trinajstić information content (AvgIpc) is 3.35. The molecule has 0 aliphatic heterocycles. The monoisotopic (exact) mass is 474 g/mol. The van der Waals surface area contributed by atoms with Gasteiger partial charge in [-0.2, -0.15) is 0 Å². The molecule has 0 saturated heterocycles. The quantitative estimate of drug-likeness (QED) is 0.281. The Morgan fingerprint density at radius 2 is 1.49 bits per heavy atom. The van der Waals surface area contributed by atoms with Crippen molar-refractivity contribution in [3.63, 3.8) is 0 Å². The fraction of sp³-hybridized carbons (Fsp3) is 0.154. The number of rotatable bonds is 9. The highest BCUT2D eigenvalue weighted by atomic mass is 16.6. The number of hydrogen-bond donors (Lipinski definition) is 1. The van der Waals surface area contributed by atoms with Gasteiger partial charge in [0, 0.05) is 17.6 Å². The zero-order valence-corrected chi connectivity index (χ0v) is 19.3. The molecule has 3 aromatic carbocycles. The number of fused-ring (bicyclic) bond motifs is 1. The predicted molar refractivity (Wildman–Crippen MR) is 127 cm³/mol. The van der Waals surface area contributed by atoms with Crippen molar-refractivity contribution in [3.05, 3.63) is 82.9 Å². The molecule has 4 aromatic rings. The topological polar surface area (TPSA) is 121 Å². The van der Waals surface area contributed by atoms with Crippen LogP contribution in [0.2, 0.25) is 0 Å². The normalized spacial score (nSPS) is 11.6. The summed E-state index contributed by atoms with van der Waals surface area (Å²) in [6, 6.07) is 16.4. The molecule has 1 heterocycles. The van der Waals surface area contributed by atoms with Gasteiger partial charge in [0.1, 0.15) is 16.8 Å². The number of carboxylic acid groups (broad SMARTS) is 1. The Hall–Kier alpha value is -4.66. The lowest BCUT2D eigenvalue weighted by Gasteiger charge is -2.15. The highest BCUT2D eigenvalue weighted by molar-refractivity contribution is 6.26. The molecule has 0 aliphatic rings. The molecule has 0 aliphatic carbocycles. The summed E-state index contributed by atoms with van der Waals surface area (Å²) in [5.41, 5.74) is 2.09. The number of aromatic nitrogens is 2. The van der Waals surface area contributed by atoms with Crippen LogP contribution in [0.1, 0.15) is 21.5 Å². The van der Waals surface area contributed by atoms with Gasteiger partial charge < -0.3 is 19.3 Å². The molecule has 0 spiro atoms. The van der Waals surface area contributed by atoms with Crippen LogP contribution in [0.3, 0.4) is 0 Å². The van der Waals surface area contributed by atoms with Crippen molar-refractivity contribution in [2.24, 2.45) is 0 Å². The van der Waals surface area contributed by atoms with Gasteiger partial charge in [-0.3, -0.25) is 4.79 Å². The summed E-state index contributed by atoms with van der Waals surface area (Å²) in [4.78, 5) is 26.2. The zero-order valence-electron chi connectivity index (χ0n) is 19.3. The lowest BCUT2D eigenvalue weighted by molar-refractivity contribution is -0.130. The molecule has 178 valence electrons. The van der Waals surface area contributed by atoms with Crippen LogP contribution < -0.4 is 14.2 Å². The lowest BCUT2D eigenvalue weighted by atomic mass is 9.89. The Labute approximate surface area is 200 Å². The third-order valence-corrected chi connectivity index (χ3v) is 5.51. The molecule has 4 rings (SSSR count). The smallest absolute Gasteiger partial charge is 0.336 e. The SMILES string of the molecule is COc1ccc(C(=O)C(Cc2ccc(OC)c(OC)c2)=C(C(=O)O)c2ccc3nonc3c2)cc1. The van der Waals surface area contributed by atoms with Crippen molar-refractivity contribution in [1.82, 2.24) is 10.3 Å². The number of hydrogen-bond acceptors (Lipinski definition) is 8. The number of ketones is 1. The first-order valence-corrected chi connectivity index (χ1v) is 10.5. The number of nitrogens with zero attached hydrogens (tertiary/aromatic N) is 2. The first-order chi connectivity index (χ1) is 16.9. The first kappa shape index (κ1) is 23.5. The first-order valence-electron chi connectivity index (χ1n) is 10.5. The van der Waals surface area contributed by atoms with Gasteiger partial charge in [0.2, 0.25) is 0 Å². The van der Waals surface area contributed by atoms with Gasteiger partial charge in [0.25, 0.3) is 0 Å². The second kappa shape index (κ2) is 10.1. The van der Waals surface area contributed by atoms with E-state index in [-0.39, 0.29) is 17.6 Å². The predicted octanol–water partition coefficient (Wildman–Crippen LogP) is 4.21. The Morgan fingerprint density at radius 1 is 0.800 bits per heavy atom. The maximum atomic E-state index is 13.7. The van der Waals surface area contributed by atoms with Crippen molar-refractivity contribution >= 4 is 28.4 Å². The van der Waals surface area contributed by atoms with E-state index in [1.165, 1.54) is 27.4 Å². The number of carbonyl (C=O) groups is 2. The summed E-state index contributed by atoms with van der Waals surface area (Å²) in [6.45, 7) is 0. The number of benzene rings is 3. The van der Waals surface area contributed by atoms with Crippen LogP contribution in [0.4, 0.5) is 0 Å². The number of allylic oxidation sites excluding steroid dienone is 1. The van der Waals surface area contributed by atoms with E-state index in [0.717, 1.165) is 0 Å². The fourth-order valence-corrected chi connectivity index (χ4v) is 3.76. The van der Waals surface area contributed by atoms with Crippen LogP contribution in [0.5, 0.6) is 17.2 Å². The van der Waals surface area contributed by atoms with Gasteiger partial charge >= 0.3 is 5.97 Å². The molecule has 9 nitrogen and oxygen atoms in total. The van der Waals surface area contributed by atoms with Gasteiger partial charge in [0.05, 0.1) is 26.9 Å². The summed E-state index contributed by atoms with van der Waals surface area (Å²) < 4.78 is 20.6. The summed E-state index contributed by atoms with van der Waals surface area (Å²) >= 11 is 0. The minimum atomic E-state index is -1.25. The molecule has 0 atom stereocenters. The van der Waals surface area contributed by atoms with E-state index in [0.29, 0.717) is 45.0 Å². The molecule has 0 bridgehead atoms. The van der Waals surface area contributed by atoms with Crippen LogP contribution in [-0.4, -0.2) is 48.5 Å². The van der Waals surface area contributed by atoms with Crippen LogP contribution >= 0.6 is 0 Å². The third kappa shape index (κ3) is 4.84. The Morgan fingerprint density at radius 3 is 2.14 bits per heavy atom. The van der Waals surface area contributed by atoms with Crippen LogP contribution in [0, 0.1) is 0 Å². The molecular formula is C26H22N2O7. The summed E-state index contributed by atoms with van der Waals surface area (Å²) in [5.74, 6) is -0.121. The molecule has 1 aromatic heterocycles. The number of Topliss-reactive ketones (excluding diaryl/α,β-unsaturated/α-hetero) is 1. The molecule has 9 heteroatoms. The highest BCUT2D eigenvalue weighted by Crippen LogP contribution is 2.32. The van der Waals surface area contributed by atoms with Gasteiger partial charge in [-0.1, -0.05) is 12.1 Å². The Balaban J connectivity index is 1.89. The number of methoxy groups -OCH3 is 3. The second-order valence-corrected chi connectivity index (χ2v) is 7.55. The van der Waals surface area contributed by atoms with Gasteiger partial charge in [-0.05, 0) is 70.0 Å². The summed E-state index contributed by atoms with van der Waals surface area (Å²) in [7, 11) is 4.55. The molecular weight excluding hydrogens is 452 g/mol. The molecule has 1 N–H and O–H groups in total. The summed E-state index contributed by atoms with van der Waals surface area (Å²) in [5, 5.41) is 17.8. The van der Waals surface area contributed by atoms with Crippen LogP contribution in [0.15, 0.2) is 70.9 Å². The number of ether oxygens (including phenoxy) is 3. The Bertz CT molecular complexity index is 1420. The van der Waals surface area contributed by atoms with Crippen molar-refractivity contribution < 1.29 is 33.5 Å². The van der Waals surface area contributed by atoms with E-state index in [1.54, 1.807) is 54.6 Å². The van der Waals surface area contributed by atoms with Crippen molar-refractivity contribution in [2.75, 3.05) is 21.3 Å². The summed E-state index contributed by atoms with van der Waals surface area (Å²) in [6.07, 6.45) is 0.0297. The van der Waals surface area contributed by atoms with E-state index in [4.69, 9.17) is 18.8 Å². The zero-order chi connectivity index (χ0) is 24.9. The van der Waals surface area contributed by atoms with Gasteiger partial charge in [-0.25, -0.2) is 9.42 Å². The maximum absolute atomic E-state index is 13.7. The van der Waals surface area contributed by atoms with E-state index in [9.17, 15) is 14.7 Å². The van der Waals surface area contributed by atoms with E-state index in [2.05, 4.69) is 10.3 Å². The third-order valence-electron chi connectivity index (χ3n) is 5.51. The number of aliphatic carboxylic acids is 1. The largest absolute Gasteiger partial charge is 0.497 e. The van der Waals surface area contributed by atoms with Crippen molar-refractivity contribution in [2.45, 2.75) is 6.42 Å². The van der Waals surface area contributed by atoms with Crippen LogP contribution in [0.25, 0.3) is 16.6 Å². The maximum Gasteiger partial charge on any atom is 0.336 e. The fourth-order valence-electron chi connectivity index (χ4n) is 3.76. The molecule has 0 fully saturated rings. The number of carbonyl (C=O) groups excluding carboxylic acids is 1. The molecule has 0 radical (unpaired) electrons. The minimum Gasteiger partial charge on any atom is -0.497 e. The minimum absolute atomic E-state index is 0.0297. The molecule has 0 unspecified atom stereocenters. The second-order valence-electron chi connectivity index (χ2n) is 7.55. The highest BCUT2D eigenvalue weighted by Gasteiger charge is 2.25. The van der Waals surface area contributed by atoms with E-state index in [1.807, 2.05) is 0 Å². The molecule has 0 saturated carbocycles.